The minimum absolute atomic E-state index is 0.0604. The first-order valence-corrected chi connectivity index (χ1v) is 8.93. The summed E-state index contributed by atoms with van der Waals surface area (Å²) in [5.41, 5.74) is 1.60. The average Bonchev–Trinajstić information content (AvgIpc) is 3.22. The van der Waals surface area contributed by atoms with Crippen molar-refractivity contribution in [2.75, 3.05) is 44.9 Å². The monoisotopic (exact) mass is 358 g/mol. The van der Waals surface area contributed by atoms with E-state index in [1.54, 1.807) is 12.1 Å². The Labute approximate surface area is 150 Å². The van der Waals surface area contributed by atoms with Gasteiger partial charge >= 0.3 is 5.97 Å². The summed E-state index contributed by atoms with van der Waals surface area (Å²) in [6, 6.07) is 4.91. The van der Waals surface area contributed by atoms with Crippen LogP contribution in [0.2, 0.25) is 0 Å². The van der Waals surface area contributed by atoms with E-state index in [-0.39, 0.29) is 11.5 Å². The molecule has 26 heavy (non-hydrogen) atoms. The zero-order chi connectivity index (χ0) is 18.1. The van der Waals surface area contributed by atoms with Crippen molar-refractivity contribution in [2.45, 2.75) is 18.9 Å². The number of benzene rings is 1. The molecule has 1 N–H and O–H groups in total. The second kappa shape index (κ2) is 7.09. The van der Waals surface area contributed by atoms with Gasteiger partial charge in [-0.1, -0.05) is 0 Å². The molecule has 1 atom stereocenters. The number of fused-ring (bicyclic) bond motifs is 1. The third-order valence-electron chi connectivity index (χ3n) is 5.02. The third-order valence-corrected chi connectivity index (χ3v) is 5.02. The second-order valence-electron chi connectivity index (χ2n) is 6.63. The van der Waals surface area contributed by atoms with Gasteiger partial charge in [0.25, 0.3) is 0 Å². The number of rotatable bonds is 3. The van der Waals surface area contributed by atoms with Crippen molar-refractivity contribution < 1.29 is 18.7 Å². The first-order chi connectivity index (χ1) is 12.7. The first-order valence-electron chi connectivity index (χ1n) is 8.93. The molecule has 0 aliphatic carbocycles. The van der Waals surface area contributed by atoms with Crippen molar-refractivity contribution in [3.05, 3.63) is 39.5 Å². The van der Waals surface area contributed by atoms with Gasteiger partial charge in [-0.3, -0.25) is 4.79 Å². The van der Waals surface area contributed by atoms with Crippen molar-refractivity contribution in [3.63, 3.8) is 0 Å². The van der Waals surface area contributed by atoms with Crippen LogP contribution in [0, 0.1) is 0 Å². The predicted molar refractivity (Wildman–Crippen MR) is 96.8 cm³/mol. The molecular formula is C19H22N2O5. The van der Waals surface area contributed by atoms with E-state index in [2.05, 4.69) is 5.32 Å². The number of morpholine rings is 1. The molecule has 1 aromatic carbocycles. The predicted octanol–water partition coefficient (Wildman–Crippen LogP) is 1.84. The number of ether oxygens (including phenoxy) is 2. The van der Waals surface area contributed by atoms with Crippen molar-refractivity contribution in [3.8, 4) is 0 Å². The summed E-state index contributed by atoms with van der Waals surface area (Å²) in [7, 11) is 1.34. The van der Waals surface area contributed by atoms with Crippen molar-refractivity contribution in [1.82, 2.24) is 5.32 Å². The molecule has 0 saturated carbocycles. The zero-order valence-electron chi connectivity index (χ0n) is 14.7. The molecule has 0 bridgehead atoms. The first kappa shape index (κ1) is 17.1. The molecule has 138 valence electrons. The average molecular weight is 358 g/mol. The number of esters is 1. The molecule has 7 heteroatoms. The molecule has 0 radical (unpaired) electrons. The Balaban J connectivity index is 1.89. The Morgan fingerprint density at radius 2 is 2.08 bits per heavy atom. The summed E-state index contributed by atoms with van der Waals surface area (Å²) in [6.07, 6.45) is 1.98. The number of hydrogen-bond acceptors (Lipinski definition) is 7. The number of anilines is 1. The molecule has 2 aromatic rings. The van der Waals surface area contributed by atoms with Crippen LogP contribution in [0.5, 0.6) is 0 Å². The topological polar surface area (TPSA) is 81.0 Å². The van der Waals surface area contributed by atoms with Gasteiger partial charge in [-0.2, -0.15) is 0 Å². The van der Waals surface area contributed by atoms with E-state index >= 15 is 0 Å². The lowest BCUT2D eigenvalue weighted by Crippen LogP contribution is -2.36. The van der Waals surface area contributed by atoms with Crippen LogP contribution in [0.1, 0.15) is 34.8 Å². The second-order valence-corrected chi connectivity index (χ2v) is 6.63. The van der Waals surface area contributed by atoms with Gasteiger partial charge in [-0.15, -0.1) is 0 Å². The van der Waals surface area contributed by atoms with E-state index in [4.69, 9.17) is 13.9 Å². The fraction of sp³-hybridized carbons (Fsp3) is 0.474. The van der Waals surface area contributed by atoms with Crippen LogP contribution < -0.4 is 15.6 Å². The van der Waals surface area contributed by atoms with Gasteiger partial charge < -0.3 is 24.1 Å². The number of methoxy groups -OCH3 is 1. The van der Waals surface area contributed by atoms with Crippen LogP contribution in [-0.2, 0) is 9.47 Å². The van der Waals surface area contributed by atoms with Crippen LogP contribution in [0.3, 0.4) is 0 Å². The summed E-state index contributed by atoms with van der Waals surface area (Å²) in [6.45, 7) is 3.50. The highest BCUT2D eigenvalue weighted by Crippen LogP contribution is 2.32. The lowest BCUT2D eigenvalue weighted by molar-refractivity contribution is 0.0600. The maximum absolute atomic E-state index is 12.8. The molecule has 7 nitrogen and oxygen atoms in total. The molecule has 3 heterocycles. The molecule has 0 spiro atoms. The number of nitrogens with zero attached hydrogens (tertiary/aromatic N) is 1. The van der Waals surface area contributed by atoms with Crippen LogP contribution in [0.15, 0.2) is 27.4 Å². The highest BCUT2D eigenvalue weighted by Gasteiger charge is 2.24. The van der Waals surface area contributed by atoms with E-state index in [1.807, 2.05) is 4.90 Å². The number of carbonyl (C=O) groups is 1. The lowest BCUT2D eigenvalue weighted by Gasteiger charge is -2.27. The SMILES string of the molecule is COC(=O)c1cc([C@@H]2CCCN2)c2oc(N3CCOCC3)cc(=O)c2c1. The summed E-state index contributed by atoms with van der Waals surface area (Å²) in [5, 5.41) is 3.83. The van der Waals surface area contributed by atoms with Gasteiger partial charge in [-0.25, -0.2) is 4.79 Å². The van der Waals surface area contributed by atoms with E-state index in [0.717, 1.165) is 24.9 Å². The van der Waals surface area contributed by atoms with Crippen molar-refractivity contribution in [1.29, 1.82) is 0 Å². The van der Waals surface area contributed by atoms with E-state index in [1.165, 1.54) is 13.2 Å². The maximum atomic E-state index is 12.8. The number of carbonyl (C=O) groups excluding carboxylic acids is 1. The Kier molecular flexibility index (Phi) is 4.65. The van der Waals surface area contributed by atoms with E-state index < -0.39 is 5.97 Å². The fourth-order valence-corrected chi connectivity index (χ4v) is 3.66. The van der Waals surface area contributed by atoms with Crippen LogP contribution >= 0.6 is 0 Å². The molecule has 2 aliphatic rings. The molecular weight excluding hydrogens is 336 g/mol. The summed E-state index contributed by atoms with van der Waals surface area (Å²) in [4.78, 5) is 26.9. The van der Waals surface area contributed by atoms with Gasteiger partial charge in [-0.05, 0) is 31.5 Å². The summed E-state index contributed by atoms with van der Waals surface area (Å²) < 4.78 is 16.4. The standard InChI is InChI=1S/C19H22N2O5/c1-24-19(23)12-9-13(15-3-2-4-20-15)18-14(10-12)16(22)11-17(26-18)21-5-7-25-8-6-21/h9-11,15,20H,2-8H2,1H3/t15-/m0/s1. The summed E-state index contributed by atoms with van der Waals surface area (Å²) in [5.74, 6) is 0.0960. The van der Waals surface area contributed by atoms with Crippen LogP contribution in [0.4, 0.5) is 5.88 Å². The largest absolute Gasteiger partial charge is 0.465 e. The van der Waals surface area contributed by atoms with Crippen LogP contribution in [0.25, 0.3) is 11.0 Å². The minimum Gasteiger partial charge on any atom is -0.465 e. The Morgan fingerprint density at radius 3 is 2.77 bits per heavy atom. The highest BCUT2D eigenvalue weighted by atomic mass is 16.5. The zero-order valence-corrected chi connectivity index (χ0v) is 14.7. The van der Waals surface area contributed by atoms with Gasteiger partial charge in [0.2, 0.25) is 0 Å². The summed E-state index contributed by atoms with van der Waals surface area (Å²) >= 11 is 0. The normalized spacial score (nSPS) is 20.5. The van der Waals surface area contributed by atoms with Gasteiger partial charge in [0, 0.05) is 30.8 Å². The van der Waals surface area contributed by atoms with Gasteiger partial charge in [0.05, 0.1) is 31.3 Å². The van der Waals surface area contributed by atoms with Crippen LogP contribution in [-0.4, -0.2) is 45.9 Å². The molecule has 2 saturated heterocycles. The quantitative estimate of drug-likeness (QED) is 0.839. The minimum atomic E-state index is -0.456. The highest BCUT2D eigenvalue weighted by molar-refractivity contribution is 5.95. The molecule has 2 fully saturated rings. The van der Waals surface area contributed by atoms with E-state index in [9.17, 15) is 9.59 Å². The van der Waals surface area contributed by atoms with Crippen molar-refractivity contribution >= 4 is 22.8 Å². The number of hydrogen-bond donors (Lipinski definition) is 1. The lowest BCUT2D eigenvalue weighted by atomic mass is 9.99. The Bertz CT molecular complexity index is 879. The van der Waals surface area contributed by atoms with Crippen molar-refractivity contribution in [2.24, 2.45) is 0 Å². The number of nitrogens with one attached hydrogen (secondary N) is 1. The smallest absolute Gasteiger partial charge is 0.337 e. The molecule has 1 aromatic heterocycles. The molecule has 2 aliphatic heterocycles. The maximum Gasteiger partial charge on any atom is 0.337 e. The third kappa shape index (κ3) is 3.08. The molecule has 0 unspecified atom stereocenters. The Hall–Kier alpha value is -2.38. The Morgan fingerprint density at radius 1 is 1.27 bits per heavy atom. The van der Waals surface area contributed by atoms with Gasteiger partial charge in [0.15, 0.2) is 11.3 Å². The fourth-order valence-electron chi connectivity index (χ4n) is 3.66. The molecule has 0 amide bonds. The van der Waals surface area contributed by atoms with E-state index in [0.29, 0.717) is 48.7 Å². The molecule has 4 rings (SSSR count). The van der Waals surface area contributed by atoms with Gasteiger partial charge in [0.1, 0.15) is 5.58 Å².